The molecule has 1 aliphatic heterocycles. The van der Waals surface area contributed by atoms with Crippen LogP contribution < -0.4 is 9.21 Å². The zero-order chi connectivity index (χ0) is 26.8. The Morgan fingerprint density at radius 3 is 2.35 bits per heavy atom. The molecule has 1 atom stereocenters. The van der Waals surface area contributed by atoms with Gasteiger partial charge in [0.25, 0.3) is 15.7 Å². The van der Waals surface area contributed by atoms with E-state index in [0.717, 1.165) is 5.69 Å². The Morgan fingerprint density at radius 2 is 1.78 bits per heavy atom. The lowest BCUT2D eigenvalue weighted by molar-refractivity contribution is -0.384. The number of non-ortho nitro benzene ring substituents is 1. The molecule has 37 heavy (non-hydrogen) atoms. The second kappa shape index (κ2) is 10.2. The number of nitro benzene ring substituents is 1. The van der Waals surface area contributed by atoms with Crippen LogP contribution in [0.25, 0.3) is 0 Å². The van der Waals surface area contributed by atoms with E-state index in [1.807, 2.05) is 32.9 Å². The number of benzene rings is 2. The van der Waals surface area contributed by atoms with Crippen molar-refractivity contribution >= 4 is 33.1 Å². The third-order valence-electron chi connectivity index (χ3n) is 5.87. The number of aromatic nitrogens is 1. The van der Waals surface area contributed by atoms with Gasteiger partial charge in [0, 0.05) is 37.1 Å². The number of carbonyl (C=O) groups is 1. The summed E-state index contributed by atoms with van der Waals surface area (Å²) in [5, 5.41) is 11.0. The Hall–Kier alpha value is -3.99. The van der Waals surface area contributed by atoms with Crippen molar-refractivity contribution in [2.45, 2.75) is 43.7 Å². The second-order valence-electron chi connectivity index (χ2n) is 9.70. The van der Waals surface area contributed by atoms with E-state index in [0.29, 0.717) is 30.8 Å². The molecule has 0 amide bonds. The van der Waals surface area contributed by atoms with E-state index in [9.17, 15) is 23.3 Å². The van der Waals surface area contributed by atoms with Gasteiger partial charge >= 0.3 is 5.97 Å². The van der Waals surface area contributed by atoms with E-state index in [1.165, 1.54) is 34.8 Å². The fourth-order valence-electron chi connectivity index (χ4n) is 4.20. The number of pyridine rings is 1. The van der Waals surface area contributed by atoms with Gasteiger partial charge in [-0.05, 0) is 75.7 Å². The van der Waals surface area contributed by atoms with Crippen LogP contribution in [-0.2, 0) is 14.8 Å². The van der Waals surface area contributed by atoms with Crippen molar-refractivity contribution in [1.29, 1.82) is 0 Å². The molecule has 0 spiro atoms. The number of carbonyl (C=O) groups excluding carboxylic acids is 1. The molecule has 1 aromatic heterocycles. The molecule has 194 valence electrons. The lowest BCUT2D eigenvalue weighted by Gasteiger charge is -2.30. The van der Waals surface area contributed by atoms with Crippen LogP contribution in [0.5, 0.6) is 0 Å². The molecular formula is C26H28N4O6S. The van der Waals surface area contributed by atoms with Crippen LogP contribution in [0.1, 0.15) is 37.6 Å². The zero-order valence-corrected chi connectivity index (χ0v) is 21.6. The fraction of sp³-hybridized carbons (Fsp3) is 0.308. The van der Waals surface area contributed by atoms with Gasteiger partial charge in [0.05, 0.1) is 33.3 Å². The van der Waals surface area contributed by atoms with Gasteiger partial charge in [-0.25, -0.2) is 13.2 Å². The number of nitrogens with zero attached hydrogens (tertiary/aromatic N) is 4. The van der Waals surface area contributed by atoms with Gasteiger partial charge in [0.1, 0.15) is 5.60 Å². The third-order valence-corrected chi connectivity index (χ3v) is 7.76. The van der Waals surface area contributed by atoms with E-state index in [4.69, 9.17) is 4.74 Å². The van der Waals surface area contributed by atoms with E-state index >= 15 is 0 Å². The lowest BCUT2D eigenvalue weighted by Crippen LogP contribution is -2.42. The number of nitro groups is 1. The van der Waals surface area contributed by atoms with E-state index in [2.05, 4.69) is 9.88 Å². The summed E-state index contributed by atoms with van der Waals surface area (Å²) in [7, 11) is -4.04. The molecule has 2 heterocycles. The van der Waals surface area contributed by atoms with Crippen molar-refractivity contribution in [2.24, 2.45) is 0 Å². The summed E-state index contributed by atoms with van der Waals surface area (Å²) in [5.41, 5.74) is 0.922. The maximum Gasteiger partial charge on any atom is 0.338 e. The second-order valence-corrected chi connectivity index (χ2v) is 11.5. The first-order valence-corrected chi connectivity index (χ1v) is 13.2. The van der Waals surface area contributed by atoms with Gasteiger partial charge in [0.15, 0.2) is 0 Å². The molecule has 2 aromatic carbocycles. The monoisotopic (exact) mass is 524 g/mol. The molecular weight excluding hydrogens is 496 g/mol. The zero-order valence-electron chi connectivity index (χ0n) is 20.8. The minimum atomic E-state index is -4.04. The van der Waals surface area contributed by atoms with Crippen LogP contribution in [0.15, 0.2) is 78.0 Å². The van der Waals surface area contributed by atoms with Crippen LogP contribution in [0.3, 0.4) is 0 Å². The van der Waals surface area contributed by atoms with Crippen molar-refractivity contribution in [3.05, 3.63) is 88.7 Å². The Balaban J connectivity index is 1.58. The molecule has 0 saturated carbocycles. The highest BCUT2D eigenvalue weighted by molar-refractivity contribution is 7.92. The van der Waals surface area contributed by atoms with E-state index in [1.54, 1.807) is 30.5 Å². The smallest absolute Gasteiger partial charge is 0.338 e. The summed E-state index contributed by atoms with van der Waals surface area (Å²) in [4.78, 5) is 28.9. The van der Waals surface area contributed by atoms with Crippen molar-refractivity contribution in [3.63, 3.8) is 0 Å². The summed E-state index contributed by atoms with van der Waals surface area (Å²) in [6.45, 7) is 6.43. The lowest BCUT2D eigenvalue weighted by atomic mass is 10.1. The molecule has 0 N–H and O–H groups in total. The number of ether oxygens (including phenoxy) is 1. The Labute approximate surface area is 215 Å². The molecule has 0 aliphatic carbocycles. The number of esters is 1. The Kier molecular flexibility index (Phi) is 7.17. The van der Waals surface area contributed by atoms with Crippen molar-refractivity contribution < 1.29 is 22.9 Å². The molecule has 1 aliphatic rings. The maximum atomic E-state index is 13.7. The normalized spacial score (nSPS) is 15.9. The standard InChI is InChI=1S/C26H28N4O6S/c1-26(2,3)36-25(31)19-6-8-20(9-7-19)28-16-14-23(18-28)29(22-5-4-15-27-17-22)37(34,35)24-12-10-21(11-13-24)30(32)33/h4-13,15,17,23H,14,16,18H2,1-3H3/t23-/m0/s1. The predicted octanol–water partition coefficient (Wildman–Crippen LogP) is 4.42. The van der Waals surface area contributed by atoms with Gasteiger partial charge in [-0.2, -0.15) is 0 Å². The van der Waals surface area contributed by atoms with Crippen LogP contribution >= 0.6 is 0 Å². The molecule has 4 rings (SSSR count). The van der Waals surface area contributed by atoms with Gasteiger partial charge in [-0.1, -0.05) is 0 Å². The van der Waals surface area contributed by atoms with Crippen LogP contribution in [0.2, 0.25) is 0 Å². The highest BCUT2D eigenvalue weighted by atomic mass is 32.2. The number of rotatable bonds is 7. The summed E-state index contributed by atoms with van der Waals surface area (Å²) in [6.07, 6.45) is 3.60. The fourth-order valence-corrected chi connectivity index (χ4v) is 5.85. The molecule has 0 bridgehead atoms. The van der Waals surface area contributed by atoms with Gasteiger partial charge in [-0.3, -0.25) is 19.4 Å². The number of anilines is 2. The SMILES string of the molecule is CC(C)(C)OC(=O)c1ccc(N2CC[C@H](N(c3cccnc3)S(=O)(=O)c3ccc([N+](=O)[O-])cc3)C2)cc1. The molecule has 1 fully saturated rings. The number of hydrogen-bond acceptors (Lipinski definition) is 8. The van der Waals surface area contributed by atoms with Crippen LogP contribution in [-0.4, -0.2) is 49.0 Å². The van der Waals surface area contributed by atoms with Gasteiger partial charge < -0.3 is 9.64 Å². The van der Waals surface area contributed by atoms with E-state index in [-0.39, 0.29) is 10.6 Å². The molecule has 11 heteroatoms. The summed E-state index contributed by atoms with van der Waals surface area (Å²) >= 11 is 0. The Morgan fingerprint density at radius 1 is 1.11 bits per heavy atom. The molecule has 1 saturated heterocycles. The van der Waals surface area contributed by atoms with Gasteiger partial charge in [0.2, 0.25) is 0 Å². The molecule has 3 aromatic rings. The largest absolute Gasteiger partial charge is 0.456 e. The van der Waals surface area contributed by atoms with Gasteiger partial charge in [-0.15, -0.1) is 0 Å². The average Bonchev–Trinajstić information content (AvgIpc) is 3.33. The average molecular weight is 525 g/mol. The first-order chi connectivity index (χ1) is 17.5. The minimum Gasteiger partial charge on any atom is -0.456 e. The quantitative estimate of drug-likeness (QED) is 0.253. The summed E-state index contributed by atoms with van der Waals surface area (Å²) in [5.74, 6) is -0.407. The highest BCUT2D eigenvalue weighted by Crippen LogP contribution is 2.32. The molecule has 0 unspecified atom stereocenters. The van der Waals surface area contributed by atoms with E-state index < -0.39 is 32.6 Å². The van der Waals surface area contributed by atoms with Crippen LogP contribution in [0, 0.1) is 10.1 Å². The van der Waals surface area contributed by atoms with Crippen molar-refractivity contribution in [3.8, 4) is 0 Å². The van der Waals surface area contributed by atoms with Crippen LogP contribution in [0.4, 0.5) is 17.1 Å². The first kappa shape index (κ1) is 26.1. The summed E-state index contributed by atoms with van der Waals surface area (Å²) in [6, 6.07) is 14.8. The minimum absolute atomic E-state index is 0.0397. The summed E-state index contributed by atoms with van der Waals surface area (Å²) < 4.78 is 34.2. The molecule has 0 radical (unpaired) electrons. The number of sulfonamides is 1. The highest BCUT2D eigenvalue weighted by Gasteiger charge is 2.36. The Bertz CT molecular complexity index is 1370. The predicted molar refractivity (Wildman–Crippen MR) is 139 cm³/mol. The van der Waals surface area contributed by atoms with Crippen molar-refractivity contribution in [1.82, 2.24) is 4.98 Å². The third kappa shape index (κ3) is 5.88. The maximum absolute atomic E-state index is 13.7. The van der Waals surface area contributed by atoms with Crippen molar-refractivity contribution in [2.75, 3.05) is 22.3 Å². The number of hydrogen-bond donors (Lipinski definition) is 0. The molecule has 10 nitrogen and oxygen atoms in total. The topological polar surface area (TPSA) is 123 Å². The first-order valence-electron chi connectivity index (χ1n) is 11.7.